The van der Waals surface area contributed by atoms with Gasteiger partial charge in [0.05, 0.1) is 24.9 Å². The van der Waals surface area contributed by atoms with Crippen LogP contribution in [0.25, 0.3) is 10.9 Å². The second kappa shape index (κ2) is 10.1. The highest BCUT2D eigenvalue weighted by molar-refractivity contribution is 7.80. The monoisotopic (exact) mass is 475 g/mol. The van der Waals surface area contributed by atoms with Gasteiger partial charge >= 0.3 is 0 Å². The first-order chi connectivity index (χ1) is 16.3. The highest BCUT2D eigenvalue weighted by atomic mass is 32.1. The molecule has 2 N–H and O–H groups in total. The van der Waals surface area contributed by atoms with Crippen LogP contribution in [0.4, 0.5) is 10.1 Å². The Balaban J connectivity index is 1.69. The molecule has 1 aromatic heterocycles. The summed E-state index contributed by atoms with van der Waals surface area (Å²) in [6.07, 6.45) is 0. The maximum Gasteiger partial charge on any atom is 0.253 e. The lowest BCUT2D eigenvalue weighted by Crippen LogP contribution is -2.35. The van der Waals surface area contributed by atoms with Gasteiger partial charge in [0.25, 0.3) is 5.56 Å². The summed E-state index contributed by atoms with van der Waals surface area (Å²) < 4.78 is 18.9. The number of aromatic amines is 1. The number of fused-ring (bicyclic) bond motifs is 1. The van der Waals surface area contributed by atoms with Crippen molar-refractivity contribution in [3.8, 4) is 5.75 Å². The van der Waals surface area contributed by atoms with Gasteiger partial charge in [-0.25, -0.2) is 4.39 Å². The minimum atomic E-state index is -0.304. The third-order valence-electron chi connectivity index (χ3n) is 5.65. The van der Waals surface area contributed by atoms with Crippen LogP contribution in [0, 0.1) is 19.7 Å². The molecule has 4 rings (SSSR count). The van der Waals surface area contributed by atoms with Crippen LogP contribution in [0.1, 0.15) is 22.3 Å². The van der Waals surface area contributed by atoms with E-state index in [1.54, 1.807) is 19.2 Å². The van der Waals surface area contributed by atoms with E-state index in [2.05, 4.69) is 16.4 Å². The summed E-state index contributed by atoms with van der Waals surface area (Å²) in [5.41, 5.74) is 4.99. The molecule has 0 aliphatic carbocycles. The van der Waals surface area contributed by atoms with E-state index >= 15 is 0 Å². The molecule has 0 spiro atoms. The van der Waals surface area contributed by atoms with Crippen molar-refractivity contribution in [2.75, 3.05) is 12.4 Å². The Bertz CT molecular complexity index is 1400. The first-order valence-corrected chi connectivity index (χ1v) is 11.3. The molecular weight excluding hydrogens is 449 g/mol. The van der Waals surface area contributed by atoms with E-state index in [1.807, 2.05) is 55.1 Å². The van der Waals surface area contributed by atoms with Crippen molar-refractivity contribution in [3.05, 3.63) is 105 Å². The molecule has 0 amide bonds. The number of para-hydroxylation sites is 2. The van der Waals surface area contributed by atoms with Crippen molar-refractivity contribution in [1.29, 1.82) is 0 Å². The Morgan fingerprint density at radius 3 is 2.53 bits per heavy atom. The molecule has 0 radical (unpaired) electrons. The van der Waals surface area contributed by atoms with E-state index in [0.717, 1.165) is 33.3 Å². The highest BCUT2D eigenvalue weighted by Crippen LogP contribution is 2.24. The summed E-state index contributed by atoms with van der Waals surface area (Å²) in [6.45, 7) is 4.69. The molecule has 0 fully saturated rings. The fraction of sp³-hybridized carbons (Fsp3) is 0.185. The number of aromatic nitrogens is 1. The number of H-pyrrole nitrogens is 1. The van der Waals surface area contributed by atoms with Gasteiger partial charge in [-0.1, -0.05) is 35.9 Å². The van der Waals surface area contributed by atoms with Gasteiger partial charge in [0.2, 0.25) is 0 Å². The molecule has 7 heteroatoms. The molecule has 0 unspecified atom stereocenters. The Kier molecular flexibility index (Phi) is 6.93. The molecular formula is C27H26FN3O2S. The van der Waals surface area contributed by atoms with E-state index in [-0.39, 0.29) is 17.9 Å². The Hall–Kier alpha value is -3.71. The zero-order chi connectivity index (χ0) is 24.2. The number of thiocarbonyl (C=S) groups is 1. The predicted molar refractivity (Wildman–Crippen MR) is 139 cm³/mol. The van der Waals surface area contributed by atoms with E-state index in [1.165, 1.54) is 12.1 Å². The summed E-state index contributed by atoms with van der Waals surface area (Å²) in [5.74, 6) is 0.350. The lowest BCUT2D eigenvalue weighted by Gasteiger charge is -2.26. The third-order valence-corrected chi connectivity index (χ3v) is 6.01. The normalized spacial score (nSPS) is 10.8. The van der Waals surface area contributed by atoms with Gasteiger partial charge in [0.1, 0.15) is 11.6 Å². The molecule has 0 aliphatic heterocycles. The number of rotatable bonds is 6. The zero-order valence-electron chi connectivity index (χ0n) is 19.3. The quantitative estimate of drug-likeness (QED) is 0.351. The fourth-order valence-electron chi connectivity index (χ4n) is 4.01. The number of benzene rings is 3. The molecule has 4 aromatic rings. The van der Waals surface area contributed by atoms with Crippen LogP contribution in [0.5, 0.6) is 5.75 Å². The van der Waals surface area contributed by atoms with Crippen molar-refractivity contribution in [2.24, 2.45) is 0 Å². The third kappa shape index (κ3) is 5.26. The number of nitrogens with zero attached hydrogens (tertiary/aromatic N) is 1. The van der Waals surface area contributed by atoms with Crippen molar-refractivity contribution in [1.82, 2.24) is 9.88 Å². The molecule has 1 heterocycles. The summed E-state index contributed by atoms with van der Waals surface area (Å²) in [7, 11) is 1.60. The van der Waals surface area contributed by atoms with Gasteiger partial charge in [-0.15, -0.1) is 0 Å². The molecule has 0 saturated heterocycles. The maximum atomic E-state index is 13.5. The van der Waals surface area contributed by atoms with Crippen molar-refractivity contribution in [3.63, 3.8) is 0 Å². The lowest BCUT2D eigenvalue weighted by molar-refractivity contribution is 0.407. The number of nitrogens with one attached hydrogen (secondary N) is 2. The number of anilines is 1. The number of ether oxygens (including phenoxy) is 1. The summed E-state index contributed by atoms with van der Waals surface area (Å²) >= 11 is 5.74. The average Bonchev–Trinajstić information content (AvgIpc) is 2.81. The summed E-state index contributed by atoms with van der Waals surface area (Å²) in [4.78, 5) is 17.9. The molecule has 0 atom stereocenters. The van der Waals surface area contributed by atoms with Crippen LogP contribution in [0.15, 0.2) is 71.5 Å². The van der Waals surface area contributed by atoms with Gasteiger partial charge in [0, 0.05) is 12.1 Å². The number of hydrogen-bond acceptors (Lipinski definition) is 3. The number of aryl methyl sites for hydroxylation is 2. The van der Waals surface area contributed by atoms with E-state index in [4.69, 9.17) is 17.0 Å². The number of halogens is 1. The highest BCUT2D eigenvalue weighted by Gasteiger charge is 2.16. The van der Waals surface area contributed by atoms with Gasteiger partial charge in [-0.05, 0) is 79.0 Å². The Morgan fingerprint density at radius 2 is 1.79 bits per heavy atom. The summed E-state index contributed by atoms with van der Waals surface area (Å²) in [6, 6.07) is 19.7. The topological polar surface area (TPSA) is 57.4 Å². The van der Waals surface area contributed by atoms with Crippen LogP contribution < -0.4 is 15.6 Å². The Morgan fingerprint density at radius 1 is 1.06 bits per heavy atom. The molecule has 3 aromatic carbocycles. The van der Waals surface area contributed by atoms with Gasteiger partial charge < -0.3 is 19.9 Å². The van der Waals surface area contributed by atoms with Gasteiger partial charge in [-0.2, -0.15) is 0 Å². The maximum absolute atomic E-state index is 13.5. The molecule has 174 valence electrons. The molecule has 34 heavy (non-hydrogen) atoms. The van der Waals surface area contributed by atoms with Crippen molar-refractivity contribution in [2.45, 2.75) is 26.9 Å². The first-order valence-electron chi connectivity index (χ1n) is 10.9. The van der Waals surface area contributed by atoms with Crippen LogP contribution in [-0.4, -0.2) is 22.1 Å². The van der Waals surface area contributed by atoms with E-state index < -0.39 is 0 Å². The van der Waals surface area contributed by atoms with Crippen molar-refractivity contribution >= 4 is 33.9 Å². The lowest BCUT2D eigenvalue weighted by atomic mass is 10.1. The number of hydrogen-bond donors (Lipinski definition) is 2. The number of methoxy groups -OCH3 is 1. The number of pyridine rings is 1. The minimum Gasteiger partial charge on any atom is -0.495 e. The average molecular weight is 476 g/mol. The van der Waals surface area contributed by atoms with Crippen LogP contribution in [-0.2, 0) is 13.1 Å². The molecule has 0 bridgehead atoms. The van der Waals surface area contributed by atoms with Crippen LogP contribution in [0.2, 0.25) is 0 Å². The summed E-state index contributed by atoms with van der Waals surface area (Å²) in [5, 5.41) is 4.63. The molecule has 0 saturated carbocycles. The van der Waals surface area contributed by atoms with Gasteiger partial charge in [0.15, 0.2) is 5.11 Å². The Labute approximate surface area is 203 Å². The SMILES string of the molecule is COc1ccccc1NC(=S)N(Cc1ccc(F)cc1)Cc1cc2cc(C)cc(C)c2[nH]c1=O. The van der Waals surface area contributed by atoms with Crippen molar-refractivity contribution < 1.29 is 9.13 Å². The largest absolute Gasteiger partial charge is 0.495 e. The smallest absolute Gasteiger partial charge is 0.253 e. The minimum absolute atomic E-state index is 0.163. The zero-order valence-corrected chi connectivity index (χ0v) is 20.1. The first kappa shape index (κ1) is 23.4. The van der Waals surface area contributed by atoms with E-state index in [0.29, 0.717) is 23.0 Å². The molecule has 5 nitrogen and oxygen atoms in total. The van der Waals surface area contributed by atoms with E-state index in [9.17, 15) is 9.18 Å². The fourth-order valence-corrected chi connectivity index (χ4v) is 4.25. The van der Waals surface area contributed by atoms with Crippen LogP contribution in [0.3, 0.4) is 0 Å². The van der Waals surface area contributed by atoms with Gasteiger partial charge in [-0.3, -0.25) is 4.79 Å². The molecule has 0 aliphatic rings. The standard InChI is InChI=1S/C27H26FN3O2S/c1-17-12-18(2)25-20(13-17)14-21(26(32)30-25)16-31(15-19-8-10-22(28)11-9-19)27(34)29-23-6-4-5-7-24(23)33-3/h4-14H,15-16H2,1-3H3,(H,29,34)(H,30,32). The van der Waals surface area contributed by atoms with Crippen LogP contribution >= 0.6 is 12.2 Å². The second-order valence-corrected chi connectivity index (χ2v) is 8.67. The predicted octanol–water partition coefficient (Wildman–Crippen LogP) is 5.69. The second-order valence-electron chi connectivity index (χ2n) is 8.28.